The Kier molecular flexibility index (Phi) is 6.49. The average Bonchev–Trinajstić information content (AvgIpc) is 3.43. The Morgan fingerprint density at radius 2 is 0.952 bits per heavy atom. The topological polar surface area (TPSA) is 93.1 Å². The van der Waals surface area contributed by atoms with Crippen LogP contribution in [0.2, 0.25) is 0 Å². The first-order valence-electron chi connectivity index (χ1n) is 13.8. The van der Waals surface area contributed by atoms with E-state index in [9.17, 15) is 19.8 Å². The van der Waals surface area contributed by atoms with E-state index in [0.717, 1.165) is 44.5 Å². The highest BCUT2D eigenvalue weighted by atomic mass is 16.5. The molecule has 42 heavy (non-hydrogen) atoms. The number of esters is 2. The van der Waals surface area contributed by atoms with E-state index < -0.39 is 11.9 Å². The van der Waals surface area contributed by atoms with Gasteiger partial charge in [0.15, 0.2) is 0 Å². The SMILES string of the molecule is Cc1cc(/C=C2/C(=O)Oc3ccc(C(C)c4ccc5c(c4)/C(=C\c4cc(C)c(O)c(C)c4)C(=O)O5)cc32)cc(C)c1O. The molecular weight excluding hydrogens is 528 g/mol. The first-order valence-corrected chi connectivity index (χ1v) is 13.8. The number of aryl methyl sites for hydroxylation is 4. The van der Waals surface area contributed by atoms with Crippen LogP contribution < -0.4 is 9.47 Å². The Balaban J connectivity index is 1.36. The quantitative estimate of drug-likeness (QED) is 0.154. The van der Waals surface area contributed by atoms with Crippen molar-refractivity contribution in [3.63, 3.8) is 0 Å². The zero-order valence-electron chi connectivity index (χ0n) is 24.0. The van der Waals surface area contributed by atoms with Gasteiger partial charge in [0.2, 0.25) is 0 Å². The molecule has 4 aromatic carbocycles. The van der Waals surface area contributed by atoms with Gasteiger partial charge in [0.25, 0.3) is 0 Å². The highest BCUT2D eigenvalue weighted by molar-refractivity contribution is 6.26. The summed E-state index contributed by atoms with van der Waals surface area (Å²) in [7, 11) is 0. The summed E-state index contributed by atoms with van der Waals surface area (Å²) in [5.41, 5.74) is 8.87. The van der Waals surface area contributed by atoms with Crippen LogP contribution in [0.4, 0.5) is 0 Å². The molecule has 2 aliphatic rings. The van der Waals surface area contributed by atoms with Crippen molar-refractivity contribution in [1.29, 1.82) is 0 Å². The summed E-state index contributed by atoms with van der Waals surface area (Å²) in [5, 5.41) is 20.3. The zero-order chi connectivity index (χ0) is 29.9. The number of hydrogen-bond acceptors (Lipinski definition) is 6. The van der Waals surface area contributed by atoms with Crippen LogP contribution in [0.5, 0.6) is 23.0 Å². The summed E-state index contributed by atoms with van der Waals surface area (Å²) < 4.78 is 11.1. The van der Waals surface area contributed by atoms with Gasteiger partial charge in [-0.1, -0.05) is 19.1 Å². The lowest BCUT2D eigenvalue weighted by Gasteiger charge is -2.15. The number of rotatable bonds is 4. The summed E-state index contributed by atoms with van der Waals surface area (Å²) in [6.07, 6.45) is 3.59. The summed E-state index contributed by atoms with van der Waals surface area (Å²) in [4.78, 5) is 25.6. The largest absolute Gasteiger partial charge is 0.507 e. The number of hydrogen-bond donors (Lipinski definition) is 2. The molecule has 6 heteroatoms. The molecule has 2 aliphatic heterocycles. The maximum atomic E-state index is 12.8. The van der Waals surface area contributed by atoms with Crippen LogP contribution in [0.15, 0.2) is 60.7 Å². The number of carbonyl (C=O) groups is 2. The first kappa shape index (κ1) is 27.1. The number of phenolic OH excluding ortho intramolecular Hbond substituents is 2. The molecule has 0 fully saturated rings. The third-order valence-electron chi connectivity index (χ3n) is 8.08. The standard InChI is InChI=1S/C36H30O6/c1-18-10-23(11-19(2)33(18)37)14-29-27-16-25(6-8-31(27)41-35(29)39)22(5)26-7-9-32-28(17-26)30(36(40)42-32)15-24-12-20(3)34(38)21(4)13-24/h6-17,22,37-38H,1-5H3/b29-14+,30-15+. The Labute approximate surface area is 244 Å². The van der Waals surface area contributed by atoms with E-state index in [4.69, 9.17) is 9.47 Å². The van der Waals surface area contributed by atoms with Crippen LogP contribution in [0.3, 0.4) is 0 Å². The molecule has 4 aromatic rings. The van der Waals surface area contributed by atoms with Gasteiger partial charge in [0, 0.05) is 17.0 Å². The zero-order valence-corrected chi connectivity index (χ0v) is 24.0. The lowest BCUT2D eigenvalue weighted by Crippen LogP contribution is -2.00. The summed E-state index contributed by atoms with van der Waals surface area (Å²) in [6, 6.07) is 18.8. The van der Waals surface area contributed by atoms with Crippen molar-refractivity contribution in [2.24, 2.45) is 0 Å². The van der Waals surface area contributed by atoms with E-state index in [1.54, 1.807) is 12.2 Å². The fourth-order valence-corrected chi connectivity index (χ4v) is 5.71. The smallest absolute Gasteiger partial charge is 0.344 e. The van der Waals surface area contributed by atoms with Crippen LogP contribution in [0.25, 0.3) is 23.3 Å². The molecule has 6 rings (SSSR count). The van der Waals surface area contributed by atoms with Crippen molar-refractivity contribution >= 4 is 35.2 Å². The Morgan fingerprint density at radius 1 is 0.595 bits per heavy atom. The minimum atomic E-state index is -0.416. The second kappa shape index (κ2) is 10.1. The van der Waals surface area contributed by atoms with Gasteiger partial charge in [-0.05, 0) is 133 Å². The molecule has 0 atom stereocenters. The van der Waals surface area contributed by atoms with E-state index in [2.05, 4.69) is 6.92 Å². The lowest BCUT2D eigenvalue weighted by atomic mass is 9.89. The molecule has 0 unspecified atom stereocenters. The van der Waals surface area contributed by atoms with Crippen LogP contribution in [-0.4, -0.2) is 22.2 Å². The van der Waals surface area contributed by atoms with E-state index in [1.807, 2.05) is 88.4 Å². The maximum Gasteiger partial charge on any atom is 0.344 e. The number of carbonyl (C=O) groups excluding carboxylic acids is 2. The van der Waals surface area contributed by atoms with Crippen molar-refractivity contribution in [1.82, 2.24) is 0 Å². The van der Waals surface area contributed by atoms with Gasteiger partial charge in [0.1, 0.15) is 23.0 Å². The predicted octanol–water partition coefficient (Wildman–Crippen LogP) is 7.40. The molecular formula is C36H30O6. The normalized spacial score (nSPS) is 16.4. The van der Waals surface area contributed by atoms with Gasteiger partial charge >= 0.3 is 11.9 Å². The number of phenols is 2. The molecule has 0 saturated carbocycles. The predicted molar refractivity (Wildman–Crippen MR) is 163 cm³/mol. The number of fused-ring (bicyclic) bond motifs is 2. The molecule has 210 valence electrons. The molecule has 2 heterocycles. The van der Waals surface area contributed by atoms with Gasteiger partial charge in [-0.15, -0.1) is 0 Å². The molecule has 0 saturated heterocycles. The Bertz CT molecular complexity index is 1710. The second-order valence-electron chi connectivity index (χ2n) is 11.1. The van der Waals surface area contributed by atoms with Gasteiger partial charge in [-0.25, -0.2) is 9.59 Å². The van der Waals surface area contributed by atoms with Crippen molar-refractivity contribution < 1.29 is 29.3 Å². The van der Waals surface area contributed by atoms with E-state index in [1.165, 1.54) is 0 Å². The van der Waals surface area contributed by atoms with Crippen LogP contribution in [-0.2, 0) is 9.59 Å². The van der Waals surface area contributed by atoms with Crippen molar-refractivity contribution in [3.05, 3.63) is 116 Å². The second-order valence-corrected chi connectivity index (χ2v) is 11.1. The molecule has 0 aromatic heterocycles. The van der Waals surface area contributed by atoms with Crippen LogP contribution in [0.1, 0.15) is 68.5 Å². The van der Waals surface area contributed by atoms with Crippen LogP contribution in [0, 0.1) is 27.7 Å². The highest BCUT2D eigenvalue weighted by Gasteiger charge is 2.30. The molecule has 0 radical (unpaired) electrons. The lowest BCUT2D eigenvalue weighted by molar-refractivity contribution is -0.127. The number of ether oxygens (including phenoxy) is 2. The van der Waals surface area contributed by atoms with Gasteiger partial charge in [0.05, 0.1) is 11.1 Å². The third-order valence-corrected chi connectivity index (χ3v) is 8.08. The maximum absolute atomic E-state index is 12.8. The molecule has 6 nitrogen and oxygen atoms in total. The minimum Gasteiger partial charge on any atom is -0.507 e. The molecule has 2 N–H and O–H groups in total. The Morgan fingerprint density at radius 3 is 1.31 bits per heavy atom. The van der Waals surface area contributed by atoms with Crippen molar-refractivity contribution in [2.75, 3.05) is 0 Å². The van der Waals surface area contributed by atoms with Gasteiger partial charge in [-0.2, -0.15) is 0 Å². The average molecular weight is 559 g/mol. The highest BCUT2D eigenvalue weighted by Crippen LogP contribution is 2.42. The van der Waals surface area contributed by atoms with E-state index in [0.29, 0.717) is 33.8 Å². The third kappa shape index (κ3) is 4.65. The molecule has 0 amide bonds. The molecule has 0 bridgehead atoms. The summed E-state index contributed by atoms with van der Waals surface area (Å²) in [6.45, 7) is 9.38. The number of benzene rings is 4. The fourth-order valence-electron chi connectivity index (χ4n) is 5.71. The van der Waals surface area contributed by atoms with E-state index >= 15 is 0 Å². The van der Waals surface area contributed by atoms with E-state index in [-0.39, 0.29) is 17.4 Å². The van der Waals surface area contributed by atoms with Gasteiger partial charge in [-0.3, -0.25) is 0 Å². The summed E-state index contributed by atoms with van der Waals surface area (Å²) >= 11 is 0. The fraction of sp³-hybridized carbons (Fsp3) is 0.167. The minimum absolute atomic E-state index is 0.0640. The monoisotopic (exact) mass is 558 g/mol. The molecule has 0 aliphatic carbocycles. The van der Waals surface area contributed by atoms with Crippen LogP contribution >= 0.6 is 0 Å². The Hall–Kier alpha value is -5.10. The molecule has 0 spiro atoms. The summed E-state index contributed by atoms with van der Waals surface area (Å²) in [5.74, 6) is 0.609. The first-order chi connectivity index (χ1) is 20.0. The number of aromatic hydroxyl groups is 2. The van der Waals surface area contributed by atoms with Gasteiger partial charge < -0.3 is 19.7 Å². The van der Waals surface area contributed by atoms with Crippen molar-refractivity contribution in [2.45, 2.75) is 40.5 Å². The van der Waals surface area contributed by atoms with Crippen molar-refractivity contribution in [3.8, 4) is 23.0 Å².